The van der Waals surface area contributed by atoms with Crippen molar-refractivity contribution in [2.45, 2.75) is 25.2 Å². The minimum Gasteiger partial charge on any atom is -0.316 e. The van der Waals surface area contributed by atoms with Crippen LogP contribution in [0.25, 0.3) is 0 Å². The van der Waals surface area contributed by atoms with Gasteiger partial charge in [-0.05, 0) is 19.4 Å². The number of piperidine rings is 1. The summed E-state index contributed by atoms with van der Waals surface area (Å²) in [5.74, 6) is 0. The van der Waals surface area contributed by atoms with Crippen molar-refractivity contribution in [3.63, 3.8) is 0 Å². The van der Waals surface area contributed by atoms with Gasteiger partial charge in [-0.3, -0.25) is 14.6 Å². The Morgan fingerprint density at radius 2 is 2.36 bits per heavy atom. The number of aromatic nitrogens is 2. The molecule has 4 nitrogen and oxygen atoms in total. The number of hydrogen-bond donors (Lipinski definition) is 2. The Morgan fingerprint density at radius 3 is 2.86 bits per heavy atom. The molecule has 1 aromatic heterocycles. The van der Waals surface area contributed by atoms with Crippen molar-refractivity contribution in [3.05, 3.63) is 22.1 Å². The van der Waals surface area contributed by atoms with Crippen LogP contribution in [0, 0.1) is 0 Å². The van der Waals surface area contributed by atoms with Crippen LogP contribution in [0.2, 0.25) is 0 Å². The molecule has 0 aliphatic carbocycles. The molecule has 14 heavy (non-hydrogen) atoms. The van der Waals surface area contributed by atoms with Gasteiger partial charge in [0.15, 0.2) is 0 Å². The zero-order valence-corrected chi connectivity index (χ0v) is 8.76. The van der Waals surface area contributed by atoms with Gasteiger partial charge in [-0.15, -0.1) is 0 Å². The van der Waals surface area contributed by atoms with E-state index in [0.717, 1.165) is 25.2 Å². The Morgan fingerprint density at radius 1 is 1.57 bits per heavy atom. The number of rotatable bonds is 1. The van der Waals surface area contributed by atoms with Gasteiger partial charge in [-0.25, -0.2) is 0 Å². The number of nitrogens with one attached hydrogen (secondary N) is 2. The van der Waals surface area contributed by atoms with Gasteiger partial charge in [0.25, 0.3) is 5.56 Å². The molecule has 0 aromatic carbocycles. The Balaban J connectivity index is 2.32. The zero-order valence-electron chi connectivity index (χ0n) is 8.76. The van der Waals surface area contributed by atoms with Crippen LogP contribution in [0.3, 0.4) is 0 Å². The van der Waals surface area contributed by atoms with E-state index in [1.54, 1.807) is 13.1 Å². The first kappa shape index (κ1) is 9.52. The van der Waals surface area contributed by atoms with Crippen LogP contribution in [-0.4, -0.2) is 22.9 Å². The second-order valence-electron chi connectivity index (χ2n) is 4.41. The molecule has 0 radical (unpaired) electrons. The SMILES string of the molecule is Cn1[nH]c([C@]2(C)CCCNC2)cc1=O. The van der Waals surface area contributed by atoms with Crippen LogP contribution in [0.4, 0.5) is 0 Å². The van der Waals surface area contributed by atoms with E-state index >= 15 is 0 Å². The minimum absolute atomic E-state index is 0.0480. The lowest BCUT2D eigenvalue weighted by Crippen LogP contribution is -2.41. The van der Waals surface area contributed by atoms with E-state index in [1.807, 2.05) is 0 Å². The Kier molecular flexibility index (Phi) is 2.23. The molecule has 2 N–H and O–H groups in total. The van der Waals surface area contributed by atoms with Crippen molar-refractivity contribution in [3.8, 4) is 0 Å². The smallest absolute Gasteiger partial charge is 0.266 e. The fourth-order valence-corrected chi connectivity index (χ4v) is 2.08. The Labute approximate surface area is 83.3 Å². The topological polar surface area (TPSA) is 49.8 Å². The van der Waals surface area contributed by atoms with Crippen molar-refractivity contribution < 1.29 is 0 Å². The minimum atomic E-state index is 0.0480. The summed E-state index contributed by atoms with van der Waals surface area (Å²) < 4.78 is 1.54. The van der Waals surface area contributed by atoms with E-state index in [0.29, 0.717) is 0 Å². The molecule has 2 heterocycles. The molecule has 0 spiro atoms. The van der Waals surface area contributed by atoms with Gasteiger partial charge in [0.05, 0.1) is 0 Å². The van der Waals surface area contributed by atoms with E-state index in [2.05, 4.69) is 17.3 Å². The van der Waals surface area contributed by atoms with Gasteiger partial charge in [-0.2, -0.15) is 0 Å². The first-order valence-electron chi connectivity index (χ1n) is 5.09. The number of nitrogens with zero attached hydrogens (tertiary/aromatic N) is 1. The van der Waals surface area contributed by atoms with Crippen molar-refractivity contribution in [2.75, 3.05) is 13.1 Å². The molecular weight excluding hydrogens is 178 g/mol. The third-order valence-corrected chi connectivity index (χ3v) is 3.13. The Bertz CT molecular complexity index is 371. The molecule has 1 atom stereocenters. The second kappa shape index (κ2) is 3.28. The summed E-state index contributed by atoms with van der Waals surface area (Å²) in [6, 6.07) is 1.72. The number of aromatic amines is 1. The van der Waals surface area contributed by atoms with E-state index in [4.69, 9.17) is 0 Å². The molecule has 1 fully saturated rings. The molecule has 1 saturated heterocycles. The van der Waals surface area contributed by atoms with E-state index in [9.17, 15) is 4.79 Å². The molecule has 0 amide bonds. The highest BCUT2D eigenvalue weighted by molar-refractivity contribution is 5.15. The van der Waals surface area contributed by atoms with Crippen LogP contribution < -0.4 is 10.9 Å². The highest BCUT2D eigenvalue weighted by Crippen LogP contribution is 2.28. The molecule has 2 rings (SSSR count). The summed E-state index contributed by atoms with van der Waals surface area (Å²) in [4.78, 5) is 11.3. The predicted molar refractivity (Wildman–Crippen MR) is 55.5 cm³/mol. The normalized spacial score (nSPS) is 27.9. The molecule has 0 bridgehead atoms. The van der Waals surface area contributed by atoms with Crippen molar-refractivity contribution in [2.24, 2.45) is 7.05 Å². The van der Waals surface area contributed by atoms with E-state index in [-0.39, 0.29) is 11.0 Å². The third kappa shape index (κ3) is 1.50. The maximum absolute atomic E-state index is 11.3. The number of H-pyrrole nitrogens is 1. The summed E-state index contributed by atoms with van der Waals surface area (Å²) in [5.41, 5.74) is 1.20. The summed E-state index contributed by atoms with van der Waals surface area (Å²) in [5, 5.41) is 6.49. The highest BCUT2D eigenvalue weighted by atomic mass is 16.1. The predicted octanol–water partition coefficient (Wildman–Crippen LogP) is 0.354. The van der Waals surface area contributed by atoms with Gasteiger partial charge in [-0.1, -0.05) is 6.92 Å². The summed E-state index contributed by atoms with van der Waals surface area (Å²) in [7, 11) is 1.76. The first-order valence-corrected chi connectivity index (χ1v) is 5.09. The van der Waals surface area contributed by atoms with E-state index in [1.165, 1.54) is 11.1 Å². The van der Waals surface area contributed by atoms with E-state index < -0.39 is 0 Å². The van der Waals surface area contributed by atoms with Gasteiger partial charge < -0.3 is 5.32 Å². The van der Waals surface area contributed by atoms with Crippen molar-refractivity contribution >= 4 is 0 Å². The molecule has 0 unspecified atom stereocenters. The lowest BCUT2D eigenvalue weighted by atomic mass is 9.80. The summed E-state index contributed by atoms with van der Waals surface area (Å²) in [6.07, 6.45) is 2.31. The molecule has 1 aliphatic rings. The molecule has 1 aliphatic heterocycles. The fourth-order valence-electron chi connectivity index (χ4n) is 2.08. The van der Waals surface area contributed by atoms with Gasteiger partial charge in [0.1, 0.15) is 0 Å². The van der Waals surface area contributed by atoms with Gasteiger partial charge in [0.2, 0.25) is 0 Å². The number of aryl methyl sites for hydroxylation is 1. The molecule has 4 heteroatoms. The van der Waals surface area contributed by atoms with Gasteiger partial charge >= 0.3 is 0 Å². The van der Waals surface area contributed by atoms with Crippen molar-refractivity contribution in [1.82, 2.24) is 15.1 Å². The molecular formula is C10H17N3O. The highest BCUT2D eigenvalue weighted by Gasteiger charge is 2.30. The number of hydrogen-bond acceptors (Lipinski definition) is 2. The van der Waals surface area contributed by atoms with Crippen molar-refractivity contribution in [1.29, 1.82) is 0 Å². The molecule has 78 valence electrons. The van der Waals surface area contributed by atoms with Crippen LogP contribution in [-0.2, 0) is 12.5 Å². The lowest BCUT2D eigenvalue weighted by molar-refractivity contribution is 0.330. The van der Waals surface area contributed by atoms with Gasteiger partial charge in [0, 0.05) is 30.8 Å². The quantitative estimate of drug-likeness (QED) is 0.679. The molecule has 1 aromatic rings. The Hall–Kier alpha value is -1.03. The van der Waals surface area contributed by atoms with Crippen LogP contribution in [0.1, 0.15) is 25.5 Å². The average Bonchev–Trinajstić information content (AvgIpc) is 2.49. The lowest BCUT2D eigenvalue weighted by Gasteiger charge is -2.32. The monoisotopic (exact) mass is 195 g/mol. The van der Waals surface area contributed by atoms with Crippen LogP contribution in [0.15, 0.2) is 10.9 Å². The average molecular weight is 195 g/mol. The second-order valence-corrected chi connectivity index (χ2v) is 4.41. The fraction of sp³-hybridized carbons (Fsp3) is 0.700. The largest absolute Gasteiger partial charge is 0.316 e. The summed E-state index contributed by atoms with van der Waals surface area (Å²) in [6.45, 7) is 4.24. The maximum atomic E-state index is 11.3. The third-order valence-electron chi connectivity index (χ3n) is 3.13. The zero-order chi connectivity index (χ0) is 10.2. The standard InChI is InChI=1S/C10H17N3O/c1-10(4-3-5-11-7-10)8-6-9(14)13(2)12-8/h6,11-12H,3-5,7H2,1-2H3/t10-/m1/s1. The van der Waals surface area contributed by atoms with Crippen LogP contribution >= 0.6 is 0 Å². The molecule has 0 saturated carbocycles. The van der Waals surface area contributed by atoms with Crippen LogP contribution in [0.5, 0.6) is 0 Å². The summed E-state index contributed by atoms with van der Waals surface area (Å²) >= 11 is 0. The maximum Gasteiger partial charge on any atom is 0.266 e. The first-order chi connectivity index (χ1) is 6.62.